The van der Waals surface area contributed by atoms with Crippen LogP contribution in [0.2, 0.25) is 0 Å². The Morgan fingerprint density at radius 1 is 1.33 bits per heavy atom. The van der Waals surface area contributed by atoms with Gasteiger partial charge in [0.1, 0.15) is 11.4 Å². The fourth-order valence-electron chi connectivity index (χ4n) is 4.10. The Kier molecular flexibility index (Phi) is 4.50. The normalized spacial score (nSPS) is 18.2. The van der Waals surface area contributed by atoms with Gasteiger partial charge in [-0.15, -0.1) is 5.10 Å². The molecule has 0 radical (unpaired) electrons. The van der Waals surface area contributed by atoms with Crippen LogP contribution in [0.15, 0.2) is 34.9 Å². The fraction of sp³-hybridized carbons (Fsp3) is 0.350. The van der Waals surface area contributed by atoms with E-state index >= 15 is 0 Å². The van der Waals surface area contributed by atoms with Gasteiger partial charge in [-0.25, -0.2) is 9.67 Å². The lowest BCUT2D eigenvalue weighted by Gasteiger charge is -2.27. The van der Waals surface area contributed by atoms with E-state index in [0.29, 0.717) is 34.6 Å². The summed E-state index contributed by atoms with van der Waals surface area (Å²) in [4.78, 5) is 26.7. The number of hydrogen-bond acceptors (Lipinski definition) is 8. The van der Waals surface area contributed by atoms with Crippen LogP contribution in [0.25, 0.3) is 11.5 Å². The van der Waals surface area contributed by atoms with Gasteiger partial charge in [-0.2, -0.15) is 4.98 Å². The van der Waals surface area contributed by atoms with Crippen molar-refractivity contribution in [2.75, 3.05) is 35.3 Å². The van der Waals surface area contributed by atoms with Gasteiger partial charge in [-0.1, -0.05) is 6.07 Å². The highest BCUT2D eigenvalue weighted by molar-refractivity contribution is 7.71. The van der Waals surface area contributed by atoms with Crippen LogP contribution < -0.4 is 15.1 Å². The highest BCUT2D eigenvalue weighted by Crippen LogP contribution is 2.35. The van der Waals surface area contributed by atoms with Crippen LogP contribution in [0.5, 0.6) is 0 Å². The molecule has 1 unspecified atom stereocenters. The molecule has 1 fully saturated rings. The quantitative estimate of drug-likeness (QED) is 0.643. The summed E-state index contributed by atoms with van der Waals surface area (Å²) in [6, 6.07) is 7.82. The summed E-state index contributed by atoms with van der Waals surface area (Å²) in [6.45, 7) is 1.46. The summed E-state index contributed by atoms with van der Waals surface area (Å²) in [7, 11) is 3.51. The van der Waals surface area contributed by atoms with E-state index in [4.69, 9.17) is 16.6 Å². The molecule has 5 rings (SSSR count). The number of amides is 1. The predicted molar refractivity (Wildman–Crippen MR) is 115 cm³/mol. The fourth-order valence-corrected chi connectivity index (χ4v) is 4.22. The number of fused-ring (bicyclic) bond motifs is 3. The number of hydrogen-bond donors (Lipinski definition) is 1. The maximum Gasteiger partial charge on any atom is 0.287 e. The molecule has 2 aliphatic rings. The highest BCUT2D eigenvalue weighted by Gasteiger charge is 2.37. The van der Waals surface area contributed by atoms with Gasteiger partial charge in [0.2, 0.25) is 11.8 Å². The number of anilines is 3. The molecule has 10 heteroatoms. The van der Waals surface area contributed by atoms with Crippen molar-refractivity contribution in [3.63, 3.8) is 0 Å². The van der Waals surface area contributed by atoms with Crippen molar-refractivity contribution in [1.29, 1.82) is 0 Å². The molecular formula is C20H21N7O2S. The summed E-state index contributed by atoms with van der Waals surface area (Å²) >= 11 is 5.13. The first-order chi connectivity index (χ1) is 14.5. The van der Waals surface area contributed by atoms with Gasteiger partial charge < -0.3 is 19.5 Å². The van der Waals surface area contributed by atoms with E-state index in [0.717, 1.165) is 30.6 Å². The lowest BCUT2D eigenvalue weighted by molar-refractivity contribution is 0.0988. The van der Waals surface area contributed by atoms with E-state index in [2.05, 4.69) is 25.3 Å². The summed E-state index contributed by atoms with van der Waals surface area (Å²) in [6.07, 6.45) is 3.70. The minimum absolute atomic E-state index is 0.110. The number of aryl methyl sites for hydroxylation is 1. The molecule has 0 saturated carbocycles. The van der Waals surface area contributed by atoms with Gasteiger partial charge in [0.15, 0.2) is 0 Å². The molecule has 3 aromatic rings. The van der Waals surface area contributed by atoms with Gasteiger partial charge in [-0.3, -0.25) is 4.79 Å². The summed E-state index contributed by atoms with van der Waals surface area (Å²) in [5, 5.41) is 7.29. The van der Waals surface area contributed by atoms with Crippen LogP contribution in [0.3, 0.4) is 0 Å². The Bertz CT molecular complexity index is 1190. The van der Waals surface area contributed by atoms with Gasteiger partial charge >= 0.3 is 0 Å². The minimum Gasteiger partial charge on any atom is -0.409 e. The molecular weight excluding hydrogens is 402 g/mol. The maximum absolute atomic E-state index is 13.5. The van der Waals surface area contributed by atoms with Crippen LogP contribution in [0, 0.1) is 4.84 Å². The van der Waals surface area contributed by atoms with Crippen molar-refractivity contribution in [2.45, 2.75) is 18.9 Å². The zero-order valence-corrected chi connectivity index (χ0v) is 17.5. The van der Waals surface area contributed by atoms with Gasteiger partial charge in [0, 0.05) is 50.7 Å². The molecule has 2 aliphatic heterocycles. The topological polar surface area (TPSA) is 92.3 Å². The molecule has 30 heavy (non-hydrogen) atoms. The molecule has 1 saturated heterocycles. The largest absolute Gasteiger partial charge is 0.409 e. The van der Waals surface area contributed by atoms with Crippen molar-refractivity contribution in [1.82, 2.24) is 19.7 Å². The standard InChI is InChI=1S/C20H21N7O2S/c1-21-19-22-10-15-16(23-19)26-8-4-7-14(26)11-27(18(15)28)13-6-3-5-12(9-13)17-24-25(2)20(30)29-17/h3,5-6,9-10,14H,4,7-8,11H2,1-2H3,(H,21,22,23). The van der Waals surface area contributed by atoms with Crippen LogP contribution in [0.1, 0.15) is 23.2 Å². The Labute approximate surface area is 178 Å². The Balaban J connectivity index is 1.58. The predicted octanol–water partition coefficient (Wildman–Crippen LogP) is 2.87. The average molecular weight is 424 g/mol. The van der Waals surface area contributed by atoms with E-state index < -0.39 is 0 Å². The molecule has 1 amide bonds. The maximum atomic E-state index is 13.5. The summed E-state index contributed by atoms with van der Waals surface area (Å²) < 4.78 is 7.09. The Morgan fingerprint density at radius 3 is 2.97 bits per heavy atom. The molecule has 1 atom stereocenters. The molecule has 1 aromatic carbocycles. The van der Waals surface area contributed by atoms with Crippen LogP contribution in [-0.4, -0.2) is 51.8 Å². The molecule has 0 bridgehead atoms. The zero-order valence-electron chi connectivity index (χ0n) is 16.7. The SMILES string of the molecule is CNc1ncc2c(n1)N1CCCC1CN(c1cccc(-c3nn(C)c(=S)o3)c1)C2=O. The first-order valence-electron chi connectivity index (χ1n) is 9.83. The Morgan fingerprint density at radius 2 is 2.20 bits per heavy atom. The molecule has 2 aromatic heterocycles. The molecule has 9 nitrogen and oxygen atoms in total. The lowest BCUT2D eigenvalue weighted by Crippen LogP contribution is -2.39. The third-order valence-electron chi connectivity index (χ3n) is 5.60. The summed E-state index contributed by atoms with van der Waals surface area (Å²) in [5.41, 5.74) is 2.06. The number of rotatable bonds is 3. The number of nitrogens with one attached hydrogen (secondary N) is 1. The van der Waals surface area contributed by atoms with Crippen LogP contribution in [0.4, 0.5) is 17.5 Å². The number of nitrogens with zero attached hydrogens (tertiary/aromatic N) is 6. The lowest BCUT2D eigenvalue weighted by atomic mass is 10.1. The third-order valence-corrected chi connectivity index (χ3v) is 5.95. The van der Waals surface area contributed by atoms with Crippen molar-refractivity contribution < 1.29 is 9.21 Å². The molecule has 4 heterocycles. The van der Waals surface area contributed by atoms with E-state index in [-0.39, 0.29) is 11.9 Å². The minimum atomic E-state index is -0.110. The smallest absolute Gasteiger partial charge is 0.287 e. The van der Waals surface area contributed by atoms with E-state index in [1.165, 1.54) is 4.68 Å². The Hall–Kier alpha value is -3.27. The third kappa shape index (κ3) is 3.04. The number of aromatic nitrogens is 4. The van der Waals surface area contributed by atoms with E-state index in [9.17, 15) is 4.79 Å². The van der Waals surface area contributed by atoms with Crippen molar-refractivity contribution in [3.05, 3.63) is 40.9 Å². The number of carbonyl (C=O) groups excluding carboxylic acids is 1. The monoisotopic (exact) mass is 423 g/mol. The second-order valence-corrected chi connectivity index (χ2v) is 7.78. The van der Waals surface area contributed by atoms with Crippen LogP contribution >= 0.6 is 12.2 Å². The zero-order chi connectivity index (χ0) is 20.8. The van der Waals surface area contributed by atoms with Gasteiger partial charge in [-0.05, 0) is 43.3 Å². The highest BCUT2D eigenvalue weighted by atomic mass is 32.1. The molecule has 1 N–H and O–H groups in total. The van der Waals surface area contributed by atoms with Crippen molar-refractivity contribution >= 4 is 35.6 Å². The van der Waals surface area contributed by atoms with Crippen molar-refractivity contribution in [3.8, 4) is 11.5 Å². The van der Waals surface area contributed by atoms with E-state index in [1.807, 2.05) is 24.3 Å². The molecule has 154 valence electrons. The van der Waals surface area contributed by atoms with Gasteiger partial charge in [0.05, 0.1) is 0 Å². The van der Waals surface area contributed by atoms with Crippen molar-refractivity contribution in [2.24, 2.45) is 7.05 Å². The number of benzene rings is 1. The average Bonchev–Trinajstić information content (AvgIpc) is 3.34. The van der Waals surface area contributed by atoms with Gasteiger partial charge in [0.25, 0.3) is 10.7 Å². The first-order valence-corrected chi connectivity index (χ1v) is 10.2. The summed E-state index contributed by atoms with van der Waals surface area (Å²) in [5.74, 6) is 1.53. The second kappa shape index (κ2) is 7.21. The number of carbonyl (C=O) groups is 1. The molecule has 0 spiro atoms. The molecule has 0 aliphatic carbocycles. The first kappa shape index (κ1) is 18.7. The van der Waals surface area contributed by atoms with Crippen LogP contribution in [-0.2, 0) is 7.05 Å². The van der Waals surface area contributed by atoms with E-state index in [1.54, 1.807) is 25.2 Å². The second-order valence-electron chi connectivity index (χ2n) is 7.43.